The van der Waals surface area contributed by atoms with E-state index in [9.17, 15) is 4.79 Å². The topological polar surface area (TPSA) is 67.2 Å². The zero-order valence-corrected chi connectivity index (χ0v) is 8.73. The van der Waals surface area contributed by atoms with E-state index in [-0.39, 0.29) is 12.6 Å². The standard InChI is InChI=1S/C10H15N3O2/c1-13-9-4-2-3-8(7(9)5-12-13)11-6-10(14)15/h5,8,11H,2-4,6H2,1H3,(H,14,15). The predicted molar refractivity (Wildman–Crippen MR) is 54.5 cm³/mol. The summed E-state index contributed by atoms with van der Waals surface area (Å²) in [7, 11) is 1.93. The van der Waals surface area contributed by atoms with Gasteiger partial charge in [0.25, 0.3) is 0 Å². The summed E-state index contributed by atoms with van der Waals surface area (Å²) in [4.78, 5) is 10.5. The molecule has 82 valence electrons. The number of carbonyl (C=O) groups is 1. The van der Waals surface area contributed by atoms with Crippen molar-refractivity contribution in [3.05, 3.63) is 17.5 Å². The van der Waals surface area contributed by atoms with Crippen LogP contribution in [-0.2, 0) is 18.3 Å². The molecule has 1 atom stereocenters. The molecule has 1 aromatic heterocycles. The Morgan fingerprint density at radius 3 is 3.33 bits per heavy atom. The van der Waals surface area contributed by atoms with Gasteiger partial charge in [-0.05, 0) is 19.3 Å². The molecule has 0 spiro atoms. The molecule has 1 aliphatic rings. The molecule has 0 saturated heterocycles. The lowest BCUT2D eigenvalue weighted by molar-refractivity contribution is -0.136. The number of nitrogens with zero attached hydrogens (tertiary/aromatic N) is 2. The van der Waals surface area contributed by atoms with E-state index in [4.69, 9.17) is 5.11 Å². The number of hydrogen-bond acceptors (Lipinski definition) is 3. The molecule has 0 radical (unpaired) electrons. The van der Waals surface area contributed by atoms with E-state index >= 15 is 0 Å². The highest BCUT2D eigenvalue weighted by Crippen LogP contribution is 2.28. The first kappa shape index (κ1) is 10.2. The second-order valence-electron chi connectivity index (χ2n) is 3.89. The summed E-state index contributed by atoms with van der Waals surface area (Å²) in [6, 6.07) is 0.151. The highest BCUT2D eigenvalue weighted by atomic mass is 16.4. The quantitative estimate of drug-likeness (QED) is 0.759. The maximum atomic E-state index is 10.5. The molecule has 0 bridgehead atoms. The van der Waals surface area contributed by atoms with Crippen LogP contribution in [0, 0.1) is 0 Å². The van der Waals surface area contributed by atoms with Gasteiger partial charge in [-0.15, -0.1) is 0 Å². The van der Waals surface area contributed by atoms with E-state index in [0.29, 0.717) is 0 Å². The van der Waals surface area contributed by atoms with Gasteiger partial charge in [0.1, 0.15) is 0 Å². The maximum Gasteiger partial charge on any atom is 0.317 e. The number of nitrogens with one attached hydrogen (secondary N) is 1. The van der Waals surface area contributed by atoms with Crippen molar-refractivity contribution in [1.29, 1.82) is 0 Å². The maximum absolute atomic E-state index is 10.5. The van der Waals surface area contributed by atoms with Crippen LogP contribution in [0.25, 0.3) is 0 Å². The second-order valence-corrected chi connectivity index (χ2v) is 3.89. The number of fused-ring (bicyclic) bond motifs is 1. The molecular formula is C10H15N3O2. The SMILES string of the molecule is Cn1ncc2c1CCCC2NCC(=O)O. The van der Waals surface area contributed by atoms with Gasteiger partial charge in [-0.1, -0.05) is 0 Å². The van der Waals surface area contributed by atoms with E-state index in [2.05, 4.69) is 10.4 Å². The minimum atomic E-state index is -0.814. The van der Waals surface area contributed by atoms with Crippen LogP contribution in [0.2, 0.25) is 0 Å². The van der Waals surface area contributed by atoms with Crippen molar-refractivity contribution in [2.75, 3.05) is 6.54 Å². The van der Waals surface area contributed by atoms with Crippen LogP contribution in [0.1, 0.15) is 30.1 Å². The third-order valence-electron chi connectivity index (χ3n) is 2.88. The van der Waals surface area contributed by atoms with Crippen LogP contribution in [-0.4, -0.2) is 27.4 Å². The van der Waals surface area contributed by atoms with Crippen LogP contribution >= 0.6 is 0 Å². The molecule has 5 heteroatoms. The molecule has 0 saturated carbocycles. The minimum Gasteiger partial charge on any atom is -0.480 e. The number of aromatic nitrogens is 2. The smallest absolute Gasteiger partial charge is 0.317 e. The third-order valence-corrected chi connectivity index (χ3v) is 2.88. The van der Waals surface area contributed by atoms with Crippen molar-refractivity contribution < 1.29 is 9.90 Å². The Labute approximate surface area is 88.1 Å². The van der Waals surface area contributed by atoms with Gasteiger partial charge in [0.05, 0.1) is 12.7 Å². The Hall–Kier alpha value is -1.36. The van der Waals surface area contributed by atoms with Gasteiger partial charge in [0.15, 0.2) is 0 Å². The van der Waals surface area contributed by atoms with Gasteiger partial charge < -0.3 is 5.11 Å². The van der Waals surface area contributed by atoms with Crippen molar-refractivity contribution in [2.45, 2.75) is 25.3 Å². The van der Waals surface area contributed by atoms with E-state index in [0.717, 1.165) is 24.8 Å². The van der Waals surface area contributed by atoms with Crippen molar-refractivity contribution in [3.8, 4) is 0 Å². The molecule has 0 fully saturated rings. The van der Waals surface area contributed by atoms with E-state index in [1.54, 1.807) is 0 Å². The van der Waals surface area contributed by atoms with Gasteiger partial charge in [-0.25, -0.2) is 0 Å². The molecule has 0 aromatic carbocycles. The monoisotopic (exact) mass is 209 g/mol. The average Bonchev–Trinajstić information content (AvgIpc) is 2.58. The Kier molecular flexibility index (Phi) is 2.73. The van der Waals surface area contributed by atoms with Crippen molar-refractivity contribution in [3.63, 3.8) is 0 Å². The Balaban J connectivity index is 2.12. The van der Waals surface area contributed by atoms with Gasteiger partial charge in [-0.2, -0.15) is 5.10 Å². The van der Waals surface area contributed by atoms with Crippen LogP contribution in [0.15, 0.2) is 6.20 Å². The molecule has 1 aliphatic carbocycles. The predicted octanol–water partition coefficient (Wildman–Crippen LogP) is 0.472. The molecule has 1 heterocycles. The Bertz CT molecular complexity index is 373. The number of aryl methyl sites for hydroxylation is 1. The molecule has 0 aliphatic heterocycles. The van der Waals surface area contributed by atoms with Gasteiger partial charge in [-0.3, -0.25) is 14.8 Å². The molecule has 2 N–H and O–H groups in total. The lowest BCUT2D eigenvalue weighted by Crippen LogP contribution is -2.29. The van der Waals surface area contributed by atoms with Crippen LogP contribution in [0.5, 0.6) is 0 Å². The molecule has 1 unspecified atom stereocenters. The van der Waals surface area contributed by atoms with Gasteiger partial charge in [0, 0.05) is 24.3 Å². The first-order chi connectivity index (χ1) is 7.18. The fraction of sp³-hybridized carbons (Fsp3) is 0.600. The summed E-state index contributed by atoms with van der Waals surface area (Å²) in [5.74, 6) is -0.814. The van der Waals surface area contributed by atoms with Crippen LogP contribution in [0.3, 0.4) is 0 Å². The number of carboxylic acid groups (broad SMARTS) is 1. The van der Waals surface area contributed by atoms with Gasteiger partial charge >= 0.3 is 5.97 Å². The van der Waals surface area contributed by atoms with Crippen LogP contribution in [0.4, 0.5) is 0 Å². The molecule has 1 aromatic rings. The summed E-state index contributed by atoms with van der Waals surface area (Å²) < 4.78 is 1.88. The van der Waals surface area contributed by atoms with Crippen molar-refractivity contribution >= 4 is 5.97 Å². The lowest BCUT2D eigenvalue weighted by atomic mass is 9.93. The number of rotatable bonds is 3. The number of hydrogen-bond donors (Lipinski definition) is 2. The highest BCUT2D eigenvalue weighted by Gasteiger charge is 2.23. The first-order valence-electron chi connectivity index (χ1n) is 5.14. The summed E-state index contributed by atoms with van der Waals surface area (Å²) in [5, 5.41) is 15.9. The molecule has 15 heavy (non-hydrogen) atoms. The fourth-order valence-corrected chi connectivity index (χ4v) is 2.13. The third kappa shape index (κ3) is 2.02. The fourth-order valence-electron chi connectivity index (χ4n) is 2.13. The van der Waals surface area contributed by atoms with E-state index in [1.807, 2.05) is 17.9 Å². The molecule has 2 rings (SSSR count). The summed E-state index contributed by atoms with van der Waals surface area (Å²) in [6.07, 6.45) is 4.96. The molecule has 0 amide bonds. The zero-order chi connectivity index (χ0) is 10.8. The Morgan fingerprint density at radius 2 is 2.60 bits per heavy atom. The normalized spacial score (nSPS) is 19.9. The van der Waals surface area contributed by atoms with Crippen LogP contribution < -0.4 is 5.32 Å². The zero-order valence-electron chi connectivity index (χ0n) is 8.73. The Morgan fingerprint density at radius 1 is 1.80 bits per heavy atom. The van der Waals surface area contributed by atoms with E-state index in [1.165, 1.54) is 5.69 Å². The summed E-state index contributed by atoms with van der Waals surface area (Å²) >= 11 is 0. The van der Waals surface area contributed by atoms with E-state index < -0.39 is 5.97 Å². The molecule has 5 nitrogen and oxygen atoms in total. The van der Waals surface area contributed by atoms with Crippen molar-refractivity contribution in [2.24, 2.45) is 7.05 Å². The lowest BCUT2D eigenvalue weighted by Gasteiger charge is -2.23. The first-order valence-corrected chi connectivity index (χ1v) is 5.14. The number of carboxylic acids is 1. The minimum absolute atomic E-state index is 0.0129. The largest absolute Gasteiger partial charge is 0.480 e. The summed E-state index contributed by atoms with van der Waals surface area (Å²) in [6.45, 7) is 0.0129. The number of aliphatic carboxylic acids is 1. The van der Waals surface area contributed by atoms with Gasteiger partial charge in [0.2, 0.25) is 0 Å². The second kappa shape index (κ2) is 4.02. The highest BCUT2D eigenvalue weighted by molar-refractivity contribution is 5.69. The van der Waals surface area contributed by atoms with Crippen molar-refractivity contribution in [1.82, 2.24) is 15.1 Å². The molecular weight excluding hydrogens is 194 g/mol. The average molecular weight is 209 g/mol. The summed E-state index contributed by atoms with van der Waals surface area (Å²) in [5.41, 5.74) is 2.38.